The van der Waals surface area contributed by atoms with Crippen LogP contribution in [0.5, 0.6) is 0 Å². The summed E-state index contributed by atoms with van der Waals surface area (Å²) < 4.78 is 31.4. The van der Waals surface area contributed by atoms with Crippen LogP contribution in [-0.2, 0) is 14.8 Å². The predicted octanol–water partition coefficient (Wildman–Crippen LogP) is 2.99. The highest BCUT2D eigenvalue weighted by atomic mass is 35.5. The monoisotopic (exact) mass is 331 g/mol. The Kier molecular flexibility index (Phi) is 4.32. The normalized spacial score (nSPS) is 11.1. The number of sulfonamides is 1. The third-order valence-corrected chi connectivity index (χ3v) is 4.98. The first-order valence-electron chi connectivity index (χ1n) is 5.37. The van der Waals surface area contributed by atoms with Crippen molar-refractivity contribution in [2.24, 2.45) is 0 Å². The number of thiophene rings is 1. The fraction of sp³-hybridized carbons (Fsp3) is 0.0833. The number of benzene rings is 1. The van der Waals surface area contributed by atoms with Crippen molar-refractivity contribution < 1.29 is 17.9 Å². The van der Waals surface area contributed by atoms with E-state index >= 15 is 0 Å². The topological polar surface area (TPSA) is 72.5 Å². The molecule has 8 heteroatoms. The first-order valence-corrected chi connectivity index (χ1v) is 8.17. The number of ether oxygens (including phenoxy) is 1. The highest BCUT2D eigenvalue weighted by Crippen LogP contribution is 2.24. The minimum absolute atomic E-state index is 0.0129. The van der Waals surface area contributed by atoms with E-state index in [9.17, 15) is 13.2 Å². The lowest BCUT2D eigenvalue weighted by atomic mass is 10.3. The lowest BCUT2D eigenvalue weighted by Gasteiger charge is -2.08. The number of methoxy groups -OCH3 is 1. The Hall–Kier alpha value is -1.57. The zero-order valence-corrected chi connectivity index (χ0v) is 12.7. The number of hydrogen-bond donors (Lipinski definition) is 1. The van der Waals surface area contributed by atoms with E-state index in [1.807, 2.05) is 0 Å². The number of nitrogens with one attached hydrogen (secondary N) is 1. The van der Waals surface area contributed by atoms with E-state index in [2.05, 4.69) is 9.46 Å². The molecule has 0 amide bonds. The Labute approximate surface area is 125 Å². The van der Waals surface area contributed by atoms with Crippen molar-refractivity contribution in [3.63, 3.8) is 0 Å². The summed E-state index contributed by atoms with van der Waals surface area (Å²) in [5, 5.41) is 3.31. The van der Waals surface area contributed by atoms with Gasteiger partial charge in [-0.05, 0) is 24.3 Å². The maximum absolute atomic E-state index is 12.2. The molecule has 0 aliphatic heterocycles. The molecule has 1 aromatic carbocycles. The van der Waals surface area contributed by atoms with Crippen molar-refractivity contribution in [2.45, 2.75) is 4.90 Å². The van der Waals surface area contributed by atoms with Gasteiger partial charge in [0.15, 0.2) is 0 Å². The van der Waals surface area contributed by atoms with Gasteiger partial charge in [-0.2, -0.15) is 11.3 Å². The molecule has 0 aliphatic carbocycles. The van der Waals surface area contributed by atoms with Crippen LogP contribution in [0.15, 0.2) is 39.9 Å². The second-order valence-corrected chi connectivity index (χ2v) is 6.58. The molecular weight excluding hydrogens is 322 g/mol. The highest BCUT2D eigenvalue weighted by molar-refractivity contribution is 7.93. The summed E-state index contributed by atoms with van der Waals surface area (Å²) in [5.74, 6) is -0.692. The molecule has 0 atom stereocenters. The molecule has 0 saturated carbocycles. The fourth-order valence-corrected chi connectivity index (χ4v) is 4.02. The highest BCUT2D eigenvalue weighted by Gasteiger charge is 2.24. The summed E-state index contributed by atoms with van der Waals surface area (Å²) in [7, 11) is -2.65. The molecule has 106 valence electrons. The van der Waals surface area contributed by atoms with Crippen LogP contribution in [0.25, 0.3) is 0 Å². The van der Waals surface area contributed by atoms with Gasteiger partial charge in [-0.25, -0.2) is 13.2 Å². The van der Waals surface area contributed by atoms with E-state index in [4.69, 9.17) is 11.6 Å². The molecule has 1 heterocycles. The minimum Gasteiger partial charge on any atom is -0.465 e. The molecule has 0 fully saturated rings. The molecule has 5 nitrogen and oxygen atoms in total. The van der Waals surface area contributed by atoms with Crippen LogP contribution in [0.4, 0.5) is 5.69 Å². The fourth-order valence-electron chi connectivity index (χ4n) is 1.48. The largest absolute Gasteiger partial charge is 0.465 e. The van der Waals surface area contributed by atoms with E-state index < -0.39 is 16.0 Å². The van der Waals surface area contributed by atoms with Crippen molar-refractivity contribution in [2.75, 3.05) is 11.8 Å². The summed E-state index contributed by atoms with van der Waals surface area (Å²) >= 11 is 6.84. The van der Waals surface area contributed by atoms with Crippen molar-refractivity contribution in [1.82, 2.24) is 0 Å². The van der Waals surface area contributed by atoms with Crippen molar-refractivity contribution in [1.29, 1.82) is 0 Å². The molecule has 0 aliphatic rings. The quantitative estimate of drug-likeness (QED) is 0.874. The third-order valence-electron chi connectivity index (χ3n) is 2.42. The van der Waals surface area contributed by atoms with E-state index in [1.165, 1.54) is 30.0 Å². The lowest BCUT2D eigenvalue weighted by molar-refractivity contribution is 0.0597. The Morgan fingerprint density at radius 2 is 1.90 bits per heavy atom. The van der Waals surface area contributed by atoms with Gasteiger partial charge in [0.2, 0.25) is 0 Å². The zero-order chi connectivity index (χ0) is 14.8. The van der Waals surface area contributed by atoms with Gasteiger partial charge < -0.3 is 4.74 Å². The van der Waals surface area contributed by atoms with Gasteiger partial charge in [0, 0.05) is 21.5 Å². The number of rotatable bonds is 4. The average molecular weight is 332 g/mol. The number of anilines is 1. The molecule has 1 aromatic heterocycles. The molecule has 0 radical (unpaired) electrons. The van der Waals surface area contributed by atoms with E-state index in [0.717, 1.165) is 11.3 Å². The van der Waals surface area contributed by atoms with Crippen LogP contribution >= 0.6 is 22.9 Å². The number of carbonyl (C=O) groups is 1. The van der Waals surface area contributed by atoms with E-state index in [1.54, 1.807) is 12.1 Å². The maximum atomic E-state index is 12.2. The Morgan fingerprint density at radius 3 is 2.50 bits per heavy atom. The first-order chi connectivity index (χ1) is 9.44. The third kappa shape index (κ3) is 3.12. The molecule has 0 saturated heterocycles. The van der Waals surface area contributed by atoms with Crippen molar-refractivity contribution >= 4 is 44.6 Å². The molecule has 0 bridgehead atoms. The van der Waals surface area contributed by atoms with Gasteiger partial charge >= 0.3 is 5.97 Å². The van der Waals surface area contributed by atoms with Crippen LogP contribution in [0.1, 0.15) is 10.4 Å². The van der Waals surface area contributed by atoms with Crippen LogP contribution < -0.4 is 4.72 Å². The minimum atomic E-state index is -3.85. The standard InChI is InChI=1S/C12H10ClNO4S2/c1-18-12(15)10-6-19-7-11(10)20(16,17)14-9-4-2-8(13)3-5-9/h2-7,14H,1H3. The van der Waals surface area contributed by atoms with Gasteiger partial charge in [-0.3, -0.25) is 4.72 Å². The zero-order valence-electron chi connectivity index (χ0n) is 10.3. The smallest absolute Gasteiger partial charge is 0.340 e. The molecule has 1 N–H and O–H groups in total. The van der Waals surface area contributed by atoms with Crippen LogP contribution in [-0.4, -0.2) is 21.5 Å². The van der Waals surface area contributed by atoms with E-state index in [-0.39, 0.29) is 10.5 Å². The van der Waals surface area contributed by atoms with Gasteiger partial charge in [0.25, 0.3) is 10.0 Å². The number of hydrogen-bond acceptors (Lipinski definition) is 5. The summed E-state index contributed by atoms with van der Waals surface area (Å²) in [5.41, 5.74) is 0.371. The van der Waals surface area contributed by atoms with Crippen molar-refractivity contribution in [3.05, 3.63) is 45.6 Å². The van der Waals surface area contributed by atoms with Gasteiger partial charge in [0.1, 0.15) is 4.90 Å². The van der Waals surface area contributed by atoms with Crippen molar-refractivity contribution in [3.8, 4) is 0 Å². The molecule has 20 heavy (non-hydrogen) atoms. The average Bonchev–Trinajstić information content (AvgIpc) is 2.90. The van der Waals surface area contributed by atoms with Gasteiger partial charge in [0.05, 0.1) is 12.7 Å². The SMILES string of the molecule is COC(=O)c1cscc1S(=O)(=O)Nc1ccc(Cl)cc1. The Bertz CT molecular complexity index is 722. The Balaban J connectivity index is 2.34. The summed E-state index contributed by atoms with van der Waals surface area (Å²) in [6.07, 6.45) is 0. The summed E-state index contributed by atoms with van der Waals surface area (Å²) in [4.78, 5) is 11.4. The molecule has 2 rings (SSSR count). The second-order valence-electron chi connectivity index (χ2n) is 3.75. The number of halogens is 1. The van der Waals surface area contributed by atoms with Crippen LogP contribution in [0, 0.1) is 0 Å². The van der Waals surface area contributed by atoms with Gasteiger partial charge in [-0.1, -0.05) is 11.6 Å². The first kappa shape index (κ1) is 14.8. The number of esters is 1. The van der Waals surface area contributed by atoms with E-state index in [0.29, 0.717) is 10.7 Å². The molecule has 2 aromatic rings. The molecular formula is C12H10ClNO4S2. The maximum Gasteiger partial charge on any atom is 0.340 e. The van der Waals surface area contributed by atoms with Crippen LogP contribution in [0.2, 0.25) is 5.02 Å². The molecule has 0 unspecified atom stereocenters. The summed E-state index contributed by atoms with van der Waals surface area (Å²) in [6, 6.07) is 6.19. The van der Waals surface area contributed by atoms with Gasteiger partial charge in [-0.15, -0.1) is 0 Å². The summed E-state index contributed by atoms with van der Waals surface area (Å²) in [6.45, 7) is 0. The molecule has 0 spiro atoms. The lowest BCUT2D eigenvalue weighted by Crippen LogP contribution is -2.16. The predicted molar refractivity (Wildman–Crippen MR) is 77.9 cm³/mol. The number of carbonyl (C=O) groups excluding carboxylic acids is 1. The second kappa shape index (κ2) is 5.82. The van der Waals surface area contributed by atoms with Crippen LogP contribution in [0.3, 0.4) is 0 Å². The Morgan fingerprint density at radius 1 is 1.25 bits per heavy atom.